The number of hydrogen-bond donors (Lipinski definition) is 3. The lowest BCUT2D eigenvalue weighted by Gasteiger charge is -2.36. The van der Waals surface area contributed by atoms with Gasteiger partial charge in [0.05, 0.1) is 11.1 Å². The van der Waals surface area contributed by atoms with Gasteiger partial charge in [0.1, 0.15) is 11.9 Å². The number of carbonyl (C=O) groups excluding carboxylic acids is 4. The summed E-state index contributed by atoms with van der Waals surface area (Å²) in [5.74, 6) is -1.02. The minimum Gasteiger partial charge on any atom is -0.383 e. The molecule has 6 rings (SSSR count). The molecule has 2 aromatic carbocycles. The number of amides is 4. The molecule has 1 unspecified atom stereocenters. The molecule has 3 N–H and O–H groups in total. The molecule has 41 heavy (non-hydrogen) atoms. The Kier molecular flexibility index (Phi) is 7.24. The summed E-state index contributed by atoms with van der Waals surface area (Å²) in [6.07, 6.45) is 2.05. The highest BCUT2D eigenvalue weighted by atomic mass is 16.2. The smallest absolute Gasteiger partial charge is 0.262 e. The van der Waals surface area contributed by atoms with Gasteiger partial charge in [-0.15, -0.1) is 0 Å². The van der Waals surface area contributed by atoms with Gasteiger partial charge in [-0.1, -0.05) is 12.1 Å². The quantitative estimate of drug-likeness (QED) is 0.285. The van der Waals surface area contributed by atoms with Gasteiger partial charge in [-0.25, -0.2) is 4.98 Å². The summed E-state index contributed by atoms with van der Waals surface area (Å²) >= 11 is 0. The number of piperidine rings is 1. The van der Waals surface area contributed by atoms with Crippen LogP contribution in [0.3, 0.4) is 0 Å². The van der Waals surface area contributed by atoms with E-state index in [4.69, 9.17) is 0 Å². The van der Waals surface area contributed by atoms with Crippen LogP contribution in [0.2, 0.25) is 0 Å². The van der Waals surface area contributed by atoms with Crippen molar-refractivity contribution in [1.29, 1.82) is 0 Å². The van der Waals surface area contributed by atoms with Crippen molar-refractivity contribution in [2.24, 2.45) is 0 Å². The minimum absolute atomic E-state index is 0.0924. The molecule has 1 aromatic heterocycles. The van der Waals surface area contributed by atoms with Crippen LogP contribution in [0.4, 0.5) is 22.9 Å². The SMILES string of the molecule is O=C1CCC(N2C(=O)c3ccc(NCCNc4cccc(N5CCN(c6ccccn6)CC5)c4)cc3C2=O)C(=O)N1. The third-order valence-corrected chi connectivity index (χ3v) is 7.69. The van der Waals surface area contributed by atoms with Gasteiger partial charge >= 0.3 is 0 Å². The van der Waals surface area contributed by atoms with Gasteiger partial charge in [0.25, 0.3) is 11.8 Å². The van der Waals surface area contributed by atoms with E-state index in [1.807, 2.05) is 36.5 Å². The average molecular weight is 554 g/mol. The first-order valence-corrected chi connectivity index (χ1v) is 13.8. The summed E-state index contributed by atoms with van der Waals surface area (Å²) in [5, 5.41) is 8.95. The topological polar surface area (TPSA) is 127 Å². The first kappa shape index (κ1) is 26.3. The highest BCUT2D eigenvalue weighted by molar-refractivity contribution is 6.23. The lowest BCUT2D eigenvalue weighted by atomic mass is 10.0. The summed E-state index contributed by atoms with van der Waals surface area (Å²) in [7, 11) is 0. The van der Waals surface area contributed by atoms with E-state index in [0.29, 0.717) is 18.8 Å². The Morgan fingerprint density at radius 2 is 1.51 bits per heavy atom. The summed E-state index contributed by atoms with van der Waals surface area (Å²) in [5.41, 5.74) is 3.42. The van der Waals surface area contributed by atoms with Crippen LogP contribution in [0.15, 0.2) is 66.9 Å². The lowest BCUT2D eigenvalue weighted by Crippen LogP contribution is -2.54. The number of fused-ring (bicyclic) bond motifs is 1. The second-order valence-electron chi connectivity index (χ2n) is 10.3. The summed E-state index contributed by atoms with van der Waals surface area (Å²) < 4.78 is 0. The summed E-state index contributed by atoms with van der Waals surface area (Å²) in [6.45, 7) is 4.90. The molecule has 0 radical (unpaired) electrons. The highest BCUT2D eigenvalue weighted by Crippen LogP contribution is 2.29. The van der Waals surface area contributed by atoms with Gasteiger partial charge in [0, 0.05) is 68.9 Å². The Labute approximate surface area is 237 Å². The van der Waals surface area contributed by atoms with E-state index in [1.54, 1.807) is 18.2 Å². The fourth-order valence-corrected chi connectivity index (χ4v) is 5.54. The Balaban J connectivity index is 1.01. The van der Waals surface area contributed by atoms with Crippen LogP contribution in [0, 0.1) is 0 Å². The molecular formula is C30H31N7O4. The zero-order chi connectivity index (χ0) is 28.3. The number of piperazine rings is 1. The van der Waals surface area contributed by atoms with Crippen molar-refractivity contribution in [1.82, 2.24) is 15.2 Å². The van der Waals surface area contributed by atoms with Gasteiger partial charge in [0.2, 0.25) is 11.8 Å². The second kappa shape index (κ2) is 11.3. The summed E-state index contributed by atoms with van der Waals surface area (Å²) in [4.78, 5) is 59.8. The van der Waals surface area contributed by atoms with E-state index in [1.165, 1.54) is 5.69 Å². The molecule has 210 valence electrons. The Morgan fingerprint density at radius 3 is 2.24 bits per heavy atom. The standard InChI is InChI=1S/C30H31N7O4/c38-27-10-9-25(28(39)34-27)37-29(40)23-8-7-21(19-24(23)30(37)41)32-13-12-31-20-4-3-5-22(18-20)35-14-16-36(17-15-35)26-6-1-2-11-33-26/h1-8,11,18-19,25,31-32H,9-10,12-17H2,(H,34,38,39). The van der Waals surface area contributed by atoms with E-state index in [0.717, 1.165) is 42.6 Å². The number of benzene rings is 2. The fourth-order valence-electron chi connectivity index (χ4n) is 5.54. The van der Waals surface area contributed by atoms with Crippen molar-refractivity contribution in [2.45, 2.75) is 18.9 Å². The number of carbonyl (C=O) groups is 4. The molecule has 0 spiro atoms. The largest absolute Gasteiger partial charge is 0.383 e. The minimum atomic E-state index is -0.971. The van der Waals surface area contributed by atoms with Crippen LogP contribution in [0.25, 0.3) is 0 Å². The second-order valence-corrected chi connectivity index (χ2v) is 10.3. The molecule has 3 aliphatic heterocycles. The number of nitrogens with one attached hydrogen (secondary N) is 3. The van der Waals surface area contributed by atoms with Crippen molar-refractivity contribution in [3.05, 3.63) is 78.0 Å². The number of anilines is 4. The maximum atomic E-state index is 13.0. The maximum absolute atomic E-state index is 13.0. The molecule has 3 aliphatic rings. The highest BCUT2D eigenvalue weighted by Gasteiger charge is 2.44. The number of imide groups is 2. The molecule has 1 atom stereocenters. The van der Waals surface area contributed by atoms with E-state index >= 15 is 0 Å². The van der Waals surface area contributed by atoms with Crippen molar-refractivity contribution < 1.29 is 19.2 Å². The predicted octanol–water partition coefficient (Wildman–Crippen LogP) is 2.33. The molecule has 11 heteroatoms. The van der Waals surface area contributed by atoms with Crippen LogP contribution in [0.1, 0.15) is 33.6 Å². The molecule has 4 heterocycles. The zero-order valence-electron chi connectivity index (χ0n) is 22.5. The number of nitrogens with zero attached hydrogens (tertiary/aromatic N) is 4. The number of aromatic nitrogens is 1. The van der Waals surface area contributed by atoms with Gasteiger partial charge < -0.3 is 20.4 Å². The molecule has 2 saturated heterocycles. The molecule has 4 amide bonds. The van der Waals surface area contributed by atoms with Crippen molar-refractivity contribution >= 4 is 46.5 Å². The molecule has 11 nitrogen and oxygen atoms in total. The number of hydrogen-bond acceptors (Lipinski definition) is 9. The fraction of sp³-hybridized carbons (Fsp3) is 0.300. The van der Waals surface area contributed by atoms with Gasteiger partial charge in [-0.2, -0.15) is 0 Å². The number of pyridine rings is 1. The molecule has 3 aromatic rings. The van der Waals surface area contributed by atoms with Gasteiger partial charge in [-0.05, 0) is 55.0 Å². The van der Waals surface area contributed by atoms with Crippen molar-refractivity contribution in [3.8, 4) is 0 Å². The maximum Gasteiger partial charge on any atom is 0.262 e. The Bertz CT molecular complexity index is 1490. The van der Waals surface area contributed by atoms with E-state index in [2.05, 4.69) is 42.9 Å². The monoisotopic (exact) mass is 553 g/mol. The van der Waals surface area contributed by atoms with Crippen LogP contribution in [-0.2, 0) is 9.59 Å². The van der Waals surface area contributed by atoms with Crippen LogP contribution < -0.4 is 25.8 Å². The average Bonchev–Trinajstić information content (AvgIpc) is 3.25. The lowest BCUT2D eigenvalue weighted by molar-refractivity contribution is -0.136. The molecule has 0 saturated carbocycles. The normalized spacial score (nSPS) is 18.8. The summed E-state index contributed by atoms with van der Waals surface area (Å²) in [6, 6.07) is 18.4. The predicted molar refractivity (Wildman–Crippen MR) is 155 cm³/mol. The van der Waals surface area contributed by atoms with Gasteiger partial charge in [-0.3, -0.25) is 29.4 Å². The van der Waals surface area contributed by atoms with E-state index in [-0.39, 0.29) is 24.0 Å². The van der Waals surface area contributed by atoms with E-state index in [9.17, 15) is 19.2 Å². The third-order valence-electron chi connectivity index (χ3n) is 7.69. The van der Waals surface area contributed by atoms with Crippen molar-refractivity contribution in [3.63, 3.8) is 0 Å². The third kappa shape index (κ3) is 5.43. The first-order valence-electron chi connectivity index (χ1n) is 13.8. The van der Waals surface area contributed by atoms with Crippen molar-refractivity contribution in [2.75, 3.05) is 59.7 Å². The zero-order valence-corrected chi connectivity index (χ0v) is 22.5. The first-order chi connectivity index (χ1) is 20.0. The Hall–Kier alpha value is -4.93. The Morgan fingerprint density at radius 1 is 0.780 bits per heavy atom. The molecular weight excluding hydrogens is 522 g/mol. The van der Waals surface area contributed by atoms with Crippen LogP contribution in [-0.4, -0.2) is 78.8 Å². The molecule has 0 bridgehead atoms. The molecule has 2 fully saturated rings. The van der Waals surface area contributed by atoms with Crippen LogP contribution in [0.5, 0.6) is 0 Å². The van der Waals surface area contributed by atoms with Gasteiger partial charge in [0.15, 0.2) is 0 Å². The van der Waals surface area contributed by atoms with E-state index < -0.39 is 29.7 Å². The van der Waals surface area contributed by atoms with Crippen LogP contribution >= 0.6 is 0 Å². The molecule has 0 aliphatic carbocycles. The number of rotatable bonds is 8.